The average Bonchev–Trinajstić information content (AvgIpc) is 3.39. The highest BCUT2D eigenvalue weighted by Crippen LogP contribution is 2.25. The summed E-state index contributed by atoms with van der Waals surface area (Å²) in [6.45, 7) is 1.61. The summed E-state index contributed by atoms with van der Waals surface area (Å²) in [6.07, 6.45) is 3.46. The summed E-state index contributed by atoms with van der Waals surface area (Å²) in [5.74, 6) is -0.400. The zero-order chi connectivity index (χ0) is 28.8. The second-order valence-corrected chi connectivity index (χ2v) is 10.0. The fourth-order valence-electron chi connectivity index (χ4n) is 5.00. The lowest BCUT2D eigenvalue weighted by Gasteiger charge is -2.27. The molecule has 1 aliphatic heterocycles. The third-order valence-corrected chi connectivity index (χ3v) is 7.29. The number of carbonyl (C=O) groups excluding carboxylic acids is 2. The van der Waals surface area contributed by atoms with Gasteiger partial charge in [-0.25, -0.2) is 9.48 Å². The first kappa shape index (κ1) is 27.6. The van der Waals surface area contributed by atoms with E-state index in [2.05, 4.69) is 5.10 Å². The molecule has 1 N–H and O–H groups in total. The third-order valence-electron chi connectivity index (χ3n) is 7.29. The summed E-state index contributed by atoms with van der Waals surface area (Å²) < 4.78 is 7.21. The molecule has 0 aliphatic carbocycles. The van der Waals surface area contributed by atoms with Crippen LogP contribution >= 0.6 is 0 Å². The molecular formula is C32H32N4O5. The zero-order valence-electron chi connectivity index (χ0n) is 22.9. The third kappa shape index (κ3) is 6.30. The number of carbonyl (C=O) groups is 3. The fourth-order valence-corrected chi connectivity index (χ4v) is 5.00. The van der Waals surface area contributed by atoms with Gasteiger partial charge in [-0.05, 0) is 73.4 Å². The summed E-state index contributed by atoms with van der Waals surface area (Å²) in [5, 5.41) is 14.2. The number of aldehydes is 1. The molecule has 3 aromatic carbocycles. The minimum absolute atomic E-state index is 0.145. The van der Waals surface area contributed by atoms with Gasteiger partial charge in [0, 0.05) is 43.5 Å². The van der Waals surface area contributed by atoms with E-state index in [0.717, 1.165) is 36.3 Å². The van der Waals surface area contributed by atoms with Crippen molar-refractivity contribution in [3.05, 3.63) is 101 Å². The van der Waals surface area contributed by atoms with Crippen LogP contribution in [0.1, 0.15) is 51.4 Å². The van der Waals surface area contributed by atoms with E-state index in [1.807, 2.05) is 71.4 Å². The Kier molecular flexibility index (Phi) is 8.43. The van der Waals surface area contributed by atoms with Crippen molar-refractivity contribution in [2.75, 3.05) is 29.9 Å². The number of carboxylic acids is 1. The maximum absolute atomic E-state index is 12.2. The van der Waals surface area contributed by atoms with E-state index in [0.29, 0.717) is 49.3 Å². The lowest BCUT2D eigenvalue weighted by molar-refractivity contribution is -0.119. The Morgan fingerprint density at radius 2 is 1.71 bits per heavy atom. The Morgan fingerprint density at radius 1 is 1.00 bits per heavy atom. The van der Waals surface area contributed by atoms with Gasteiger partial charge in [0.25, 0.3) is 0 Å². The van der Waals surface area contributed by atoms with Crippen molar-refractivity contribution in [2.45, 2.75) is 32.3 Å². The minimum Gasteiger partial charge on any atom is -0.489 e. The van der Waals surface area contributed by atoms with Gasteiger partial charge >= 0.3 is 5.97 Å². The van der Waals surface area contributed by atoms with E-state index in [1.54, 1.807) is 24.3 Å². The molecule has 1 aromatic heterocycles. The first-order chi connectivity index (χ1) is 19.9. The molecule has 1 amide bonds. The van der Waals surface area contributed by atoms with Crippen molar-refractivity contribution < 1.29 is 24.2 Å². The van der Waals surface area contributed by atoms with E-state index in [1.165, 1.54) is 4.68 Å². The molecule has 9 heteroatoms. The van der Waals surface area contributed by atoms with Crippen LogP contribution in [0.4, 0.5) is 11.4 Å². The van der Waals surface area contributed by atoms with Crippen LogP contribution in [0.2, 0.25) is 0 Å². The van der Waals surface area contributed by atoms with E-state index >= 15 is 0 Å². The van der Waals surface area contributed by atoms with Gasteiger partial charge in [-0.1, -0.05) is 30.3 Å². The Labute approximate surface area is 238 Å². The zero-order valence-corrected chi connectivity index (χ0v) is 22.9. The molecule has 0 radical (unpaired) electrons. The fraction of sp³-hybridized carbons (Fsp3) is 0.250. The van der Waals surface area contributed by atoms with Crippen molar-refractivity contribution in [3.8, 4) is 11.4 Å². The quantitative estimate of drug-likeness (QED) is 0.256. The summed E-state index contributed by atoms with van der Waals surface area (Å²) in [5.41, 5.74) is 3.82. The van der Waals surface area contributed by atoms with Crippen molar-refractivity contribution in [2.24, 2.45) is 0 Å². The highest BCUT2D eigenvalue weighted by atomic mass is 16.5. The first-order valence-corrected chi connectivity index (χ1v) is 13.6. The molecule has 210 valence electrons. The van der Waals surface area contributed by atoms with Crippen molar-refractivity contribution in [3.63, 3.8) is 0 Å². The van der Waals surface area contributed by atoms with Crippen LogP contribution in [0.15, 0.2) is 78.9 Å². The normalized spacial score (nSPS) is 13.2. The number of rotatable bonds is 11. The number of likely N-dealkylation sites (N-methyl/N-ethyl adjacent to an activating group) is 1. The standard InChI is InChI=1S/C32H32N4O5/c1-34(24-10-12-25(13-11-24)35-19-6-5-9-30(35)38)20-18-28-29(21-37)36(33-31(28)32(39)40)26-14-16-27(17-15-26)41-22-23-7-3-2-4-8-23/h2-4,7-8,10-17,21H,5-6,9,18-20,22H2,1H3,(H,39,40). The highest BCUT2D eigenvalue weighted by molar-refractivity contribution is 5.94. The van der Waals surface area contributed by atoms with Crippen LogP contribution in [0.3, 0.4) is 0 Å². The molecule has 41 heavy (non-hydrogen) atoms. The number of hydrogen-bond acceptors (Lipinski definition) is 6. The maximum Gasteiger partial charge on any atom is 0.356 e. The molecular weight excluding hydrogens is 520 g/mol. The molecule has 1 fully saturated rings. The lowest BCUT2D eigenvalue weighted by Crippen LogP contribution is -2.35. The second-order valence-electron chi connectivity index (χ2n) is 10.0. The molecule has 0 atom stereocenters. The molecule has 0 spiro atoms. The number of benzene rings is 3. The number of aromatic carboxylic acids is 1. The van der Waals surface area contributed by atoms with Gasteiger partial charge < -0.3 is 19.6 Å². The monoisotopic (exact) mass is 552 g/mol. The number of ether oxygens (including phenoxy) is 1. The number of carboxylic acid groups (broad SMARTS) is 1. The van der Waals surface area contributed by atoms with Crippen molar-refractivity contribution >= 4 is 29.5 Å². The van der Waals surface area contributed by atoms with Crippen LogP contribution in [0, 0.1) is 0 Å². The van der Waals surface area contributed by atoms with Crippen LogP contribution in [0.5, 0.6) is 5.75 Å². The van der Waals surface area contributed by atoms with Gasteiger partial charge in [-0.2, -0.15) is 5.10 Å². The predicted octanol–water partition coefficient (Wildman–Crippen LogP) is 5.16. The van der Waals surface area contributed by atoms with E-state index < -0.39 is 5.97 Å². The smallest absolute Gasteiger partial charge is 0.356 e. The van der Waals surface area contributed by atoms with Crippen LogP contribution in [-0.2, 0) is 17.8 Å². The van der Waals surface area contributed by atoms with Gasteiger partial charge in [-0.3, -0.25) is 9.59 Å². The Hall–Kier alpha value is -4.92. The predicted molar refractivity (Wildman–Crippen MR) is 156 cm³/mol. The number of aromatic nitrogens is 2. The SMILES string of the molecule is CN(CCc1c(C(=O)O)nn(-c2ccc(OCc3ccccc3)cc2)c1C=O)c1ccc(N2CCCCC2=O)cc1. The van der Waals surface area contributed by atoms with Gasteiger partial charge in [0.2, 0.25) is 5.91 Å². The van der Waals surface area contributed by atoms with E-state index in [4.69, 9.17) is 4.74 Å². The number of anilines is 2. The summed E-state index contributed by atoms with van der Waals surface area (Å²) in [4.78, 5) is 40.3. The minimum atomic E-state index is -1.19. The molecule has 2 heterocycles. The van der Waals surface area contributed by atoms with Gasteiger partial charge in [0.05, 0.1) is 5.69 Å². The van der Waals surface area contributed by atoms with Crippen LogP contribution in [-0.4, -0.2) is 53.2 Å². The van der Waals surface area contributed by atoms with Crippen LogP contribution < -0.4 is 14.5 Å². The molecule has 0 bridgehead atoms. The summed E-state index contributed by atoms with van der Waals surface area (Å²) in [6, 6.07) is 24.6. The van der Waals surface area contributed by atoms with Gasteiger partial charge in [0.1, 0.15) is 18.1 Å². The number of amides is 1. The molecule has 0 saturated carbocycles. The second kappa shape index (κ2) is 12.5. The number of nitrogens with zero attached hydrogens (tertiary/aromatic N) is 4. The van der Waals surface area contributed by atoms with Gasteiger partial charge in [-0.15, -0.1) is 0 Å². The van der Waals surface area contributed by atoms with Gasteiger partial charge in [0.15, 0.2) is 12.0 Å². The largest absolute Gasteiger partial charge is 0.489 e. The number of hydrogen-bond donors (Lipinski definition) is 1. The van der Waals surface area contributed by atoms with E-state index in [-0.39, 0.29) is 17.3 Å². The first-order valence-electron chi connectivity index (χ1n) is 13.6. The molecule has 0 unspecified atom stereocenters. The molecule has 5 rings (SSSR count). The Morgan fingerprint density at radius 3 is 2.37 bits per heavy atom. The van der Waals surface area contributed by atoms with E-state index in [9.17, 15) is 19.5 Å². The van der Waals surface area contributed by atoms with Crippen LogP contribution in [0.25, 0.3) is 5.69 Å². The maximum atomic E-state index is 12.2. The molecule has 1 aliphatic rings. The summed E-state index contributed by atoms with van der Waals surface area (Å²) >= 11 is 0. The Balaban J connectivity index is 1.29. The average molecular weight is 553 g/mol. The number of piperidine rings is 1. The molecule has 9 nitrogen and oxygen atoms in total. The van der Waals surface area contributed by atoms with Crippen molar-refractivity contribution in [1.29, 1.82) is 0 Å². The summed E-state index contributed by atoms with van der Waals surface area (Å²) in [7, 11) is 1.90. The lowest BCUT2D eigenvalue weighted by atomic mass is 10.1. The molecule has 4 aromatic rings. The van der Waals surface area contributed by atoms with Crippen molar-refractivity contribution in [1.82, 2.24) is 9.78 Å². The highest BCUT2D eigenvalue weighted by Gasteiger charge is 2.24. The topological polar surface area (TPSA) is 105 Å². The Bertz CT molecular complexity index is 1510. The molecule has 1 saturated heterocycles.